The Morgan fingerprint density at radius 3 is 2.71 bits per heavy atom. The first-order valence-corrected chi connectivity index (χ1v) is 9.12. The molecule has 0 spiro atoms. The van der Waals surface area contributed by atoms with Crippen molar-refractivity contribution < 1.29 is 22.6 Å². The van der Waals surface area contributed by atoms with Gasteiger partial charge in [-0.15, -0.1) is 0 Å². The fourth-order valence-corrected chi connectivity index (χ4v) is 3.46. The highest BCUT2D eigenvalue weighted by Crippen LogP contribution is 2.48. The van der Waals surface area contributed by atoms with E-state index in [1.165, 1.54) is 6.07 Å². The number of anilines is 1. The molecule has 9 heteroatoms. The van der Waals surface area contributed by atoms with Gasteiger partial charge in [0.2, 0.25) is 0 Å². The van der Waals surface area contributed by atoms with Gasteiger partial charge in [0.05, 0.1) is 31.4 Å². The summed E-state index contributed by atoms with van der Waals surface area (Å²) in [5, 5.41) is 3.39. The summed E-state index contributed by atoms with van der Waals surface area (Å²) in [6.07, 6.45) is -0.177. The molecular formula is C19H21F3N4O2. The first-order chi connectivity index (χ1) is 13.3. The van der Waals surface area contributed by atoms with Crippen LogP contribution in [0.5, 0.6) is 11.8 Å². The third-order valence-corrected chi connectivity index (χ3v) is 5.35. The number of halogens is 3. The quantitative estimate of drug-likeness (QED) is 0.853. The molecule has 28 heavy (non-hydrogen) atoms. The summed E-state index contributed by atoms with van der Waals surface area (Å²) < 4.78 is 50.9. The molecule has 1 saturated heterocycles. The van der Waals surface area contributed by atoms with Gasteiger partial charge in [-0.05, 0) is 31.0 Å². The van der Waals surface area contributed by atoms with E-state index in [2.05, 4.69) is 27.1 Å². The first-order valence-electron chi connectivity index (χ1n) is 9.12. The zero-order chi connectivity index (χ0) is 19.9. The van der Waals surface area contributed by atoms with E-state index in [-0.39, 0.29) is 23.9 Å². The summed E-state index contributed by atoms with van der Waals surface area (Å²) in [5.41, 5.74) is -0.925. The highest BCUT2D eigenvalue weighted by molar-refractivity contribution is 5.45. The molecule has 1 fully saturated rings. The summed E-state index contributed by atoms with van der Waals surface area (Å²) in [7, 11) is 0. The number of rotatable bonds is 4. The Bertz CT molecular complexity index is 859. The van der Waals surface area contributed by atoms with Gasteiger partial charge >= 0.3 is 12.2 Å². The monoisotopic (exact) mass is 394 g/mol. The van der Waals surface area contributed by atoms with E-state index in [0.29, 0.717) is 11.6 Å². The Labute approximate surface area is 160 Å². The lowest BCUT2D eigenvalue weighted by Crippen LogP contribution is -2.38. The normalized spacial score (nSPS) is 24.5. The summed E-state index contributed by atoms with van der Waals surface area (Å²) in [6, 6.07) is 5.04. The summed E-state index contributed by atoms with van der Waals surface area (Å²) >= 11 is 0. The highest BCUT2D eigenvalue weighted by Gasteiger charge is 2.57. The zero-order valence-corrected chi connectivity index (χ0v) is 15.6. The van der Waals surface area contributed by atoms with Crippen molar-refractivity contribution in [3.8, 4) is 11.8 Å². The number of fused-ring (bicyclic) bond motifs is 1. The summed E-state index contributed by atoms with van der Waals surface area (Å²) in [5.74, 6) is 0.237. The predicted octanol–water partition coefficient (Wildman–Crippen LogP) is 3.72. The van der Waals surface area contributed by atoms with Crippen molar-refractivity contribution in [1.82, 2.24) is 15.3 Å². The minimum absolute atomic E-state index is 0.0582. The van der Waals surface area contributed by atoms with E-state index >= 15 is 0 Å². The van der Waals surface area contributed by atoms with Gasteiger partial charge in [-0.3, -0.25) is 5.32 Å². The van der Waals surface area contributed by atoms with Crippen molar-refractivity contribution in [3.05, 3.63) is 41.7 Å². The smallest absolute Gasteiger partial charge is 0.421 e. The largest absolute Gasteiger partial charge is 0.424 e. The minimum Gasteiger partial charge on any atom is -0.424 e. The van der Waals surface area contributed by atoms with E-state index in [1.807, 2.05) is 0 Å². The van der Waals surface area contributed by atoms with E-state index < -0.39 is 11.8 Å². The molecular weight excluding hydrogens is 373 g/mol. The van der Waals surface area contributed by atoms with Gasteiger partial charge in [0.15, 0.2) is 5.60 Å². The lowest BCUT2D eigenvalue weighted by molar-refractivity contribution is -0.272. The lowest BCUT2D eigenvalue weighted by Gasteiger charge is -2.27. The Morgan fingerprint density at radius 2 is 2.07 bits per heavy atom. The van der Waals surface area contributed by atoms with Crippen LogP contribution in [0, 0.1) is 0 Å². The topological polar surface area (TPSA) is 59.5 Å². The molecule has 0 saturated carbocycles. The van der Waals surface area contributed by atoms with Crippen molar-refractivity contribution in [2.75, 3.05) is 18.1 Å². The Kier molecular flexibility index (Phi) is 4.67. The van der Waals surface area contributed by atoms with Gasteiger partial charge in [0.1, 0.15) is 5.75 Å². The lowest BCUT2D eigenvalue weighted by atomic mass is 9.93. The fraction of sp³-hybridized carbons (Fsp3) is 0.474. The molecule has 1 N–H and O–H groups in total. The van der Waals surface area contributed by atoms with Crippen molar-refractivity contribution in [3.63, 3.8) is 0 Å². The van der Waals surface area contributed by atoms with Crippen molar-refractivity contribution in [2.24, 2.45) is 0 Å². The molecule has 4 rings (SSSR count). The Morgan fingerprint density at radius 1 is 1.32 bits per heavy atom. The third kappa shape index (κ3) is 3.29. The number of alkyl halides is 3. The molecule has 2 atom stereocenters. The SMILES string of the molecule is CC[C@@H]1CN(c2cnc(Oc3ccc4c(c3)C(C)(C(F)(F)F)OC4)nc2)CN1. The zero-order valence-electron chi connectivity index (χ0n) is 15.6. The van der Waals surface area contributed by atoms with Crippen LogP contribution < -0.4 is 15.0 Å². The van der Waals surface area contributed by atoms with Crippen LogP contribution in [0.2, 0.25) is 0 Å². The molecule has 2 aliphatic rings. The number of aromatic nitrogens is 2. The number of nitrogens with one attached hydrogen (secondary N) is 1. The highest BCUT2D eigenvalue weighted by atomic mass is 19.4. The van der Waals surface area contributed by atoms with Gasteiger partial charge in [-0.25, -0.2) is 9.97 Å². The maximum absolute atomic E-state index is 13.4. The molecule has 2 aliphatic heterocycles. The maximum atomic E-state index is 13.4. The molecule has 1 unspecified atom stereocenters. The second-order valence-corrected chi connectivity index (χ2v) is 7.15. The molecule has 0 bridgehead atoms. The Hall–Kier alpha value is -2.39. The van der Waals surface area contributed by atoms with Gasteiger partial charge < -0.3 is 14.4 Å². The van der Waals surface area contributed by atoms with Crippen LogP contribution in [-0.2, 0) is 16.9 Å². The van der Waals surface area contributed by atoms with Crippen LogP contribution in [0.25, 0.3) is 0 Å². The molecule has 0 radical (unpaired) electrons. The second kappa shape index (κ2) is 6.89. The number of benzene rings is 1. The number of nitrogens with zero attached hydrogens (tertiary/aromatic N) is 3. The second-order valence-electron chi connectivity index (χ2n) is 7.15. The van der Waals surface area contributed by atoms with Crippen LogP contribution in [0.15, 0.2) is 30.6 Å². The van der Waals surface area contributed by atoms with Crippen LogP contribution in [0.3, 0.4) is 0 Å². The van der Waals surface area contributed by atoms with Gasteiger partial charge in [-0.1, -0.05) is 13.0 Å². The molecule has 3 heterocycles. The molecule has 6 nitrogen and oxygen atoms in total. The van der Waals surface area contributed by atoms with Gasteiger partial charge in [0.25, 0.3) is 0 Å². The number of ether oxygens (including phenoxy) is 2. The number of hydrogen-bond acceptors (Lipinski definition) is 6. The predicted molar refractivity (Wildman–Crippen MR) is 96.2 cm³/mol. The summed E-state index contributed by atoms with van der Waals surface area (Å²) in [4.78, 5) is 10.5. The fourth-order valence-electron chi connectivity index (χ4n) is 3.46. The van der Waals surface area contributed by atoms with E-state index in [0.717, 1.165) is 32.2 Å². The van der Waals surface area contributed by atoms with E-state index in [4.69, 9.17) is 9.47 Å². The standard InChI is InChI=1S/C19H21F3N4O2/c1-3-13-9-26(11-25-13)14-7-23-17(24-8-14)28-15-5-4-12-10-27-18(2,16(12)6-15)19(20,21)22/h4-8,13,25H,3,9-11H2,1-2H3/t13-,18?/m1/s1. The third-order valence-electron chi connectivity index (χ3n) is 5.35. The average molecular weight is 394 g/mol. The van der Waals surface area contributed by atoms with Crippen LogP contribution in [0.1, 0.15) is 31.4 Å². The Balaban J connectivity index is 1.51. The van der Waals surface area contributed by atoms with Crippen molar-refractivity contribution in [2.45, 2.75) is 44.7 Å². The first kappa shape index (κ1) is 18.9. The van der Waals surface area contributed by atoms with Crippen LogP contribution in [0.4, 0.5) is 18.9 Å². The molecule has 0 amide bonds. The van der Waals surface area contributed by atoms with E-state index in [1.54, 1.807) is 24.5 Å². The van der Waals surface area contributed by atoms with Crippen LogP contribution >= 0.6 is 0 Å². The van der Waals surface area contributed by atoms with Gasteiger partial charge in [0, 0.05) is 18.2 Å². The maximum Gasteiger partial charge on any atom is 0.421 e. The minimum atomic E-state index is -4.52. The molecule has 0 aliphatic carbocycles. The molecule has 2 aromatic rings. The average Bonchev–Trinajstić information content (AvgIpc) is 3.28. The van der Waals surface area contributed by atoms with Crippen LogP contribution in [-0.4, -0.2) is 35.4 Å². The molecule has 1 aromatic heterocycles. The van der Waals surface area contributed by atoms with E-state index in [9.17, 15) is 13.2 Å². The van der Waals surface area contributed by atoms with Crippen molar-refractivity contribution >= 4 is 5.69 Å². The molecule has 150 valence electrons. The van der Waals surface area contributed by atoms with Crippen molar-refractivity contribution in [1.29, 1.82) is 0 Å². The van der Waals surface area contributed by atoms with Gasteiger partial charge in [-0.2, -0.15) is 13.2 Å². The molecule has 1 aromatic carbocycles. The number of hydrogen-bond donors (Lipinski definition) is 1. The summed E-state index contributed by atoms with van der Waals surface area (Å²) in [6.45, 7) is 4.67.